The third-order valence-electron chi connectivity index (χ3n) is 5.67. The van der Waals surface area contributed by atoms with Gasteiger partial charge >= 0.3 is 0 Å². The third kappa shape index (κ3) is 2.81. The Balaban J connectivity index is 1.80. The van der Waals surface area contributed by atoms with E-state index in [1.54, 1.807) is 18.2 Å². The molecule has 5 rings (SSSR count). The number of hydrogen-bond acceptors (Lipinski definition) is 7. The quantitative estimate of drug-likeness (QED) is 0.384. The second kappa shape index (κ2) is 7.46. The van der Waals surface area contributed by atoms with Crippen LogP contribution in [0, 0.1) is 6.92 Å². The average molecular weight is 445 g/mol. The van der Waals surface area contributed by atoms with Crippen LogP contribution >= 0.6 is 11.3 Å². The van der Waals surface area contributed by atoms with Crippen molar-refractivity contribution in [1.82, 2.24) is 4.98 Å². The van der Waals surface area contributed by atoms with Gasteiger partial charge in [-0.05, 0) is 36.8 Å². The van der Waals surface area contributed by atoms with Crippen LogP contribution in [0.2, 0.25) is 0 Å². The zero-order chi connectivity index (χ0) is 22.6. The van der Waals surface area contributed by atoms with Gasteiger partial charge in [0.1, 0.15) is 22.3 Å². The number of carbonyl (C=O) groups excluding carboxylic acids is 2. The van der Waals surface area contributed by atoms with E-state index in [-0.39, 0.29) is 34.0 Å². The molecule has 0 aliphatic heterocycles. The lowest BCUT2D eigenvalue weighted by Crippen LogP contribution is -2.23. The number of fused-ring (bicyclic) bond motifs is 3. The first-order valence-electron chi connectivity index (χ1n) is 9.91. The number of nitrogens with zero attached hydrogens (tertiary/aromatic N) is 1. The van der Waals surface area contributed by atoms with E-state index < -0.39 is 0 Å². The predicted molar refractivity (Wildman–Crippen MR) is 123 cm³/mol. The van der Waals surface area contributed by atoms with Crippen molar-refractivity contribution >= 4 is 33.1 Å². The average Bonchev–Trinajstić information content (AvgIpc) is 3.24. The Bertz CT molecular complexity index is 1400. The summed E-state index contributed by atoms with van der Waals surface area (Å²) in [5.41, 5.74) is 3.39. The van der Waals surface area contributed by atoms with E-state index >= 15 is 0 Å². The normalized spacial score (nSPS) is 12.5. The second-order valence-electron chi connectivity index (χ2n) is 7.42. The predicted octanol–water partition coefficient (Wildman–Crippen LogP) is 5.07. The summed E-state index contributed by atoms with van der Waals surface area (Å²) in [6.07, 6.45) is 0. The molecule has 0 saturated heterocycles. The summed E-state index contributed by atoms with van der Waals surface area (Å²) in [6, 6.07) is 12.8. The number of aryl methyl sites for hydroxylation is 1. The summed E-state index contributed by atoms with van der Waals surface area (Å²) in [6.45, 7) is 1.89. The number of rotatable bonds is 4. The van der Waals surface area contributed by atoms with Gasteiger partial charge in [0, 0.05) is 17.2 Å². The molecule has 4 aromatic rings. The molecular weight excluding hydrogens is 426 g/mol. The van der Waals surface area contributed by atoms with E-state index in [4.69, 9.17) is 19.2 Å². The molecule has 1 heterocycles. The van der Waals surface area contributed by atoms with Crippen molar-refractivity contribution < 1.29 is 23.8 Å². The Morgan fingerprint density at radius 1 is 0.812 bits per heavy atom. The van der Waals surface area contributed by atoms with Gasteiger partial charge in [-0.25, -0.2) is 4.98 Å². The molecule has 160 valence electrons. The van der Waals surface area contributed by atoms with Crippen LogP contribution in [0.25, 0.3) is 20.8 Å². The molecule has 6 nitrogen and oxygen atoms in total. The monoisotopic (exact) mass is 445 g/mol. The number of ketones is 2. The first-order valence-corrected chi connectivity index (χ1v) is 10.7. The van der Waals surface area contributed by atoms with E-state index in [0.29, 0.717) is 22.6 Å². The largest absolute Gasteiger partial charge is 0.497 e. The lowest BCUT2D eigenvalue weighted by molar-refractivity contribution is 0.0973. The summed E-state index contributed by atoms with van der Waals surface area (Å²) >= 11 is 1.52. The number of ether oxygens (including phenoxy) is 3. The van der Waals surface area contributed by atoms with Gasteiger partial charge in [-0.2, -0.15) is 0 Å². The zero-order valence-electron chi connectivity index (χ0n) is 17.9. The van der Waals surface area contributed by atoms with Crippen LogP contribution in [0.1, 0.15) is 37.4 Å². The Morgan fingerprint density at radius 2 is 1.56 bits per heavy atom. The van der Waals surface area contributed by atoms with Crippen LogP contribution in [0.15, 0.2) is 42.5 Å². The fraction of sp³-hybridized carbons (Fsp3) is 0.160. The highest BCUT2D eigenvalue weighted by Crippen LogP contribution is 2.46. The topological polar surface area (TPSA) is 74.7 Å². The van der Waals surface area contributed by atoms with E-state index in [9.17, 15) is 9.59 Å². The summed E-state index contributed by atoms with van der Waals surface area (Å²) in [7, 11) is 4.47. The summed E-state index contributed by atoms with van der Waals surface area (Å²) in [5.74, 6) is 0.478. The molecule has 0 radical (unpaired) electrons. The molecule has 0 bridgehead atoms. The molecule has 1 aliphatic rings. The fourth-order valence-corrected chi connectivity index (χ4v) is 5.27. The van der Waals surface area contributed by atoms with Crippen molar-refractivity contribution in [2.45, 2.75) is 6.92 Å². The molecule has 0 atom stereocenters. The number of methoxy groups -OCH3 is 3. The van der Waals surface area contributed by atoms with Crippen molar-refractivity contribution in [3.8, 4) is 27.8 Å². The highest BCUT2D eigenvalue weighted by Gasteiger charge is 2.37. The smallest absolute Gasteiger partial charge is 0.202 e. The van der Waals surface area contributed by atoms with Gasteiger partial charge < -0.3 is 14.2 Å². The van der Waals surface area contributed by atoms with Gasteiger partial charge in [-0.15, -0.1) is 11.3 Å². The molecule has 7 heteroatoms. The number of hydrogen-bond donors (Lipinski definition) is 0. The van der Waals surface area contributed by atoms with Crippen LogP contribution in [0.4, 0.5) is 0 Å². The number of aromatic nitrogens is 1. The Hall–Kier alpha value is -3.71. The minimum absolute atomic E-state index is 0.211. The van der Waals surface area contributed by atoms with Gasteiger partial charge in [0.25, 0.3) is 0 Å². The van der Waals surface area contributed by atoms with Gasteiger partial charge in [-0.3, -0.25) is 9.59 Å². The number of para-hydroxylation sites is 1. The summed E-state index contributed by atoms with van der Waals surface area (Å²) in [5, 5.41) is 0.732. The standard InChI is InChI=1S/C25H19NO5S/c1-12-9-14-21(23(28)20-15(22(14)27)10-13(29-2)11-17(20)30-3)24(31-4)19(12)25-26-16-7-5-6-8-18(16)32-25/h5-11H,1-4H3. The lowest BCUT2D eigenvalue weighted by atomic mass is 9.81. The molecule has 0 N–H and O–H groups in total. The molecule has 0 spiro atoms. The number of thiazole rings is 1. The van der Waals surface area contributed by atoms with Crippen molar-refractivity contribution in [2.75, 3.05) is 21.3 Å². The molecule has 0 fully saturated rings. The minimum Gasteiger partial charge on any atom is -0.497 e. The zero-order valence-corrected chi connectivity index (χ0v) is 18.8. The van der Waals surface area contributed by atoms with Gasteiger partial charge in [0.15, 0.2) is 5.78 Å². The van der Waals surface area contributed by atoms with Crippen molar-refractivity contribution in [1.29, 1.82) is 0 Å². The molecular formula is C25H19NO5S. The maximum atomic E-state index is 13.7. The second-order valence-corrected chi connectivity index (χ2v) is 8.45. The van der Waals surface area contributed by atoms with Crippen LogP contribution < -0.4 is 14.2 Å². The SMILES string of the molecule is COc1cc(OC)c2c(c1)C(=O)c1cc(C)c(-c3nc4ccccc4s3)c(OC)c1C2=O. The van der Waals surface area contributed by atoms with Crippen LogP contribution in [0.3, 0.4) is 0 Å². The molecule has 0 amide bonds. The Labute approximate surface area is 188 Å². The number of benzene rings is 3. The van der Waals surface area contributed by atoms with Crippen LogP contribution in [0.5, 0.6) is 17.2 Å². The van der Waals surface area contributed by atoms with Crippen molar-refractivity contribution in [3.05, 3.63) is 70.3 Å². The molecule has 0 unspecified atom stereocenters. The van der Waals surface area contributed by atoms with E-state index in [0.717, 1.165) is 20.8 Å². The van der Waals surface area contributed by atoms with Gasteiger partial charge in [0.05, 0.1) is 48.2 Å². The summed E-state index contributed by atoms with van der Waals surface area (Å²) in [4.78, 5) is 31.9. The van der Waals surface area contributed by atoms with Crippen LogP contribution in [-0.2, 0) is 0 Å². The molecule has 1 aromatic heterocycles. The van der Waals surface area contributed by atoms with Crippen molar-refractivity contribution in [3.63, 3.8) is 0 Å². The van der Waals surface area contributed by atoms with Gasteiger partial charge in [0.2, 0.25) is 5.78 Å². The van der Waals surface area contributed by atoms with Crippen molar-refractivity contribution in [2.24, 2.45) is 0 Å². The van der Waals surface area contributed by atoms with E-state index in [1.165, 1.54) is 32.7 Å². The first-order chi connectivity index (χ1) is 15.5. The Kier molecular flexibility index (Phi) is 4.71. The molecule has 32 heavy (non-hydrogen) atoms. The fourth-order valence-electron chi connectivity index (χ4n) is 4.19. The summed E-state index contributed by atoms with van der Waals surface area (Å²) < 4.78 is 17.5. The molecule has 1 aliphatic carbocycles. The minimum atomic E-state index is -0.326. The number of carbonyl (C=O) groups is 2. The molecule has 0 saturated carbocycles. The maximum Gasteiger partial charge on any atom is 0.202 e. The highest BCUT2D eigenvalue weighted by atomic mass is 32.1. The van der Waals surface area contributed by atoms with Gasteiger partial charge in [-0.1, -0.05) is 12.1 Å². The molecule has 3 aromatic carbocycles. The van der Waals surface area contributed by atoms with E-state index in [1.807, 2.05) is 31.2 Å². The van der Waals surface area contributed by atoms with Crippen LogP contribution in [-0.4, -0.2) is 37.9 Å². The first kappa shape index (κ1) is 20.2. The lowest BCUT2D eigenvalue weighted by Gasteiger charge is -2.24. The Morgan fingerprint density at radius 3 is 2.25 bits per heavy atom. The highest BCUT2D eigenvalue weighted by molar-refractivity contribution is 7.21. The maximum absolute atomic E-state index is 13.7. The van der Waals surface area contributed by atoms with E-state index in [2.05, 4.69) is 0 Å². The third-order valence-corrected chi connectivity index (χ3v) is 6.72.